The van der Waals surface area contributed by atoms with Gasteiger partial charge < -0.3 is 9.97 Å². The molecule has 348 valence electrons. The number of aromatic nitrogens is 4. The fourth-order valence-corrected chi connectivity index (χ4v) is 11.2. The van der Waals surface area contributed by atoms with Gasteiger partial charge in [-0.3, -0.25) is 0 Å². The van der Waals surface area contributed by atoms with E-state index < -0.39 is 0 Å². The Morgan fingerprint density at radius 3 is 0.930 bits per heavy atom. The third-order valence-electron chi connectivity index (χ3n) is 15.6. The van der Waals surface area contributed by atoms with Gasteiger partial charge in [0.15, 0.2) is 0 Å². The van der Waals surface area contributed by atoms with E-state index in [9.17, 15) is 0 Å². The van der Waals surface area contributed by atoms with Crippen molar-refractivity contribution in [2.45, 2.75) is 98.3 Å². The van der Waals surface area contributed by atoms with Crippen LogP contribution in [0.5, 0.6) is 0 Å². The van der Waals surface area contributed by atoms with Gasteiger partial charge in [-0.15, -0.1) is 0 Å². The minimum absolute atomic E-state index is 0.0203. The van der Waals surface area contributed by atoms with Crippen LogP contribution in [0, 0.1) is 0 Å². The Balaban J connectivity index is 1.19. The lowest BCUT2D eigenvalue weighted by molar-refractivity contribution is 0.591. The summed E-state index contributed by atoms with van der Waals surface area (Å²) in [7, 11) is 0. The summed E-state index contributed by atoms with van der Waals surface area (Å²) in [6.45, 7) is 25.1. The topological polar surface area (TPSA) is 57.4 Å². The maximum Gasteiger partial charge on any atom is 0.0737 e. The Bertz CT molecular complexity index is 4270. The average Bonchev–Trinajstić information content (AvgIpc) is 4.04. The van der Waals surface area contributed by atoms with Gasteiger partial charge in [0.2, 0.25) is 0 Å². The molecule has 4 nitrogen and oxygen atoms in total. The first-order chi connectivity index (χ1) is 33.8. The highest BCUT2D eigenvalue weighted by atomic mass is 14.8. The molecule has 8 bridgehead atoms. The maximum atomic E-state index is 5.62. The van der Waals surface area contributed by atoms with Gasteiger partial charge >= 0.3 is 0 Å². The van der Waals surface area contributed by atoms with E-state index in [1.165, 1.54) is 65.3 Å². The molecule has 0 fully saturated rings. The predicted octanol–water partition coefficient (Wildman–Crippen LogP) is 18.9. The second-order valence-electron chi connectivity index (χ2n) is 24.0. The first kappa shape index (κ1) is 43.5. The van der Waals surface area contributed by atoms with E-state index in [1.54, 1.807) is 0 Å². The molecule has 2 aliphatic heterocycles. The number of hydrogen-bond acceptors (Lipinski definition) is 2. The molecule has 8 aromatic carbocycles. The minimum atomic E-state index is 0.0203. The first-order valence-electron chi connectivity index (χ1n) is 25.5. The van der Waals surface area contributed by atoms with E-state index in [0.29, 0.717) is 5.92 Å². The standard InChI is InChI=1S/C67H60N4/c1-36(2)37-12-13-38-24-49-53(28-42(38)20-37)61-32-58-50-25-39-14-17-46(65(3,4)5)21-43(39)29-54(50)63(69-58)34-60-52-27-41-16-19-48(67(9,10)11)23-45(41)31-56(52)64(71-60)35-59-51-26-40-15-18-47(66(6,7)8)22-44(40)30-55(51)62(70-59)33-57(49)68-61/h12-36,68,71H,1-11H3. The van der Waals surface area contributed by atoms with Gasteiger partial charge in [0, 0.05) is 65.9 Å². The van der Waals surface area contributed by atoms with Crippen molar-refractivity contribution in [3.8, 4) is 45.0 Å². The van der Waals surface area contributed by atoms with Gasteiger partial charge in [-0.2, -0.15) is 0 Å². The summed E-state index contributed by atoms with van der Waals surface area (Å²) in [6.07, 6.45) is 0. The highest BCUT2D eigenvalue weighted by Gasteiger charge is 2.24. The quantitative estimate of drug-likeness (QED) is 0.172. The monoisotopic (exact) mass is 920 g/mol. The van der Waals surface area contributed by atoms with E-state index in [2.05, 4.69) is 232 Å². The molecule has 13 rings (SSSR count). The van der Waals surface area contributed by atoms with Crippen molar-refractivity contribution in [1.29, 1.82) is 0 Å². The van der Waals surface area contributed by atoms with E-state index in [1.807, 2.05) is 0 Å². The molecule has 11 aromatic rings. The molecule has 0 aliphatic carbocycles. The van der Waals surface area contributed by atoms with Crippen LogP contribution in [0.25, 0.3) is 132 Å². The summed E-state index contributed by atoms with van der Waals surface area (Å²) in [5, 5.41) is 14.4. The number of rotatable bonds is 1. The van der Waals surface area contributed by atoms with Crippen LogP contribution in [0.15, 0.2) is 146 Å². The van der Waals surface area contributed by atoms with Crippen molar-refractivity contribution in [3.63, 3.8) is 0 Å². The smallest absolute Gasteiger partial charge is 0.0737 e. The van der Waals surface area contributed by atoms with Crippen molar-refractivity contribution in [1.82, 2.24) is 19.9 Å². The zero-order valence-electron chi connectivity index (χ0n) is 42.8. The zero-order valence-corrected chi connectivity index (χ0v) is 42.8. The molecule has 2 aliphatic rings. The molecule has 5 heterocycles. The molecule has 0 unspecified atom stereocenters. The Kier molecular flexibility index (Phi) is 9.17. The van der Waals surface area contributed by atoms with E-state index in [4.69, 9.17) is 9.97 Å². The summed E-state index contributed by atoms with van der Waals surface area (Å²) >= 11 is 0. The number of aromatic amines is 2. The number of H-pyrrole nitrogens is 2. The first-order valence-corrected chi connectivity index (χ1v) is 25.5. The van der Waals surface area contributed by atoms with Crippen LogP contribution in [-0.2, 0) is 16.2 Å². The Morgan fingerprint density at radius 2 is 0.592 bits per heavy atom. The van der Waals surface area contributed by atoms with E-state index in [-0.39, 0.29) is 16.2 Å². The second-order valence-corrected chi connectivity index (χ2v) is 24.0. The molecule has 0 amide bonds. The molecule has 0 atom stereocenters. The van der Waals surface area contributed by atoms with Gasteiger partial charge in [-0.1, -0.05) is 149 Å². The lowest BCUT2D eigenvalue weighted by Crippen LogP contribution is -2.10. The normalized spacial score (nSPS) is 13.1. The molecule has 4 heteroatoms. The number of benzene rings is 8. The second kappa shape index (κ2) is 15.0. The van der Waals surface area contributed by atoms with Gasteiger partial charge in [0.05, 0.1) is 22.8 Å². The summed E-state index contributed by atoms with van der Waals surface area (Å²) in [5.74, 6) is 0.425. The maximum absolute atomic E-state index is 5.62. The van der Waals surface area contributed by atoms with E-state index >= 15 is 0 Å². The SMILES string of the molecule is CC(C)c1ccc2cc3c4cc5nc(cc6[nH]c(cc7nc(cc([nH]4)c3cc2c1)-c1cc2ccc(C(C)(C)C)cc2cc1-7)c1cc2ccc(C(C)(C)C)cc2cc61)-c1cc2ccc(C(C)(C)C)cc2cc1-5. The van der Waals surface area contributed by atoms with Crippen molar-refractivity contribution in [3.05, 3.63) is 168 Å². The number of hydrogen-bond donors (Lipinski definition) is 2. The van der Waals surface area contributed by atoms with Crippen molar-refractivity contribution < 1.29 is 0 Å². The number of fused-ring (bicyclic) bond motifs is 24. The molecular weight excluding hydrogens is 861 g/mol. The predicted molar refractivity (Wildman–Crippen MR) is 305 cm³/mol. The summed E-state index contributed by atoms with van der Waals surface area (Å²) in [5.41, 5.74) is 17.7. The minimum Gasteiger partial charge on any atom is -0.354 e. The van der Waals surface area contributed by atoms with Crippen LogP contribution in [0.1, 0.15) is 104 Å². The van der Waals surface area contributed by atoms with Gasteiger partial charge in [0.1, 0.15) is 0 Å². The highest BCUT2D eigenvalue weighted by Crippen LogP contribution is 2.45. The summed E-state index contributed by atoms with van der Waals surface area (Å²) in [4.78, 5) is 19.2. The van der Waals surface area contributed by atoms with Crippen LogP contribution in [0.4, 0.5) is 0 Å². The Hall–Kier alpha value is -7.56. The zero-order chi connectivity index (χ0) is 49.0. The van der Waals surface area contributed by atoms with Crippen LogP contribution in [0.2, 0.25) is 0 Å². The molecule has 2 N–H and O–H groups in total. The molecule has 71 heavy (non-hydrogen) atoms. The molecule has 0 saturated carbocycles. The van der Waals surface area contributed by atoms with Crippen molar-refractivity contribution >= 4 is 86.7 Å². The highest BCUT2D eigenvalue weighted by molar-refractivity contribution is 6.16. The van der Waals surface area contributed by atoms with Crippen molar-refractivity contribution in [2.75, 3.05) is 0 Å². The van der Waals surface area contributed by atoms with Crippen molar-refractivity contribution in [2.24, 2.45) is 0 Å². The number of nitrogens with zero attached hydrogens (tertiary/aromatic N) is 2. The van der Waals surface area contributed by atoms with Gasteiger partial charge in [0.25, 0.3) is 0 Å². The lowest BCUT2D eigenvalue weighted by atomic mass is 9.85. The van der Waals surface area contributed by atoms with E-state index in [0.717, 1.165) is 88.6 Å². The third-order valence-corrected chi connectivity index (χ3v) is 15.6. The Labute approximate surface area is 415 Å². The Morgan fingerprint density at radius 1 is 0.310 bits per heavy atom. The van der Waals surface area contributed by atoms with Crippen LogP contribution >= 0.6 is 0 Å². The molecular formula is C67H60N4. The van der Waals surface area contributed by atoms with Crippen LogP contribution in [-0.4, -0.2) is 19.9 Å². The molecule has 3 aromatic heterocycles. The summed E-state index contributed by atoms with van der Waals surface area (Å²) < 4.78 is 0. The van der Waals surface area contributed by atoms with Crippen LogP contribution in [0.3, 0.4) is 0 Å². The fourth-order valence-electron chi connectivity index (χ4n) is 11.2. The molecule has 0 spiro atoms. The number of nitrogens with one attached hydrogen (secondary N) is 2. The molecule has 0 saturated heterocycles. The fraction of sp³-hybridized carbons (Fsp3) is 0.224. The lowest BCUT2D eigenvalue weighted by Gasteiger charge is -2.19. The molecule has 0 radical (unpaired) electrons. The van der Waals surface area contributed by atoms with Gasteiger partial charge in [-0.25, -0.2) is 9.97 Å². The average molecular weight is 921 g/mol. The van der Waals surface area contributed by atoms with Gasteiger partial charge in [-0.05, 0) is 160 Å². The largest absolute Gasteiger partial charge is 0.354 e. The third kappa shape index (κ3) is 7.16. The summed E-state index contributed by atoms with van der Waals surface area (Å²) in [6, 6.07) is 55.9. The van der Waals surface area contributed by atoms with Crippen LogP contribution < -0.4 is 0 Å².